The van der Waals surface area contributed by atoms with Crippen LogP contribution in [-0.2, 0) is 38.4 Å². The quantitative estimate of drug-likeness (QED) is 0.126. The van der Waals surface area contributed by atoms with Gasteiger partial charge in [-0.3, -0.25) is 0 Å². The fourth-order valence-electron chi connectivity index (χ4n) is 0. The van der Waals surface area contributed by atoms with Crippen molar-refractivity contribution in [2.45, 2.75) is 0 Å². The Hall–Kier alpha value is -3.10. The summed E-state index contributed by atoms with van der Waals surface area (Å²) in [4.78, 5) is 72.4. The van der Waals surface area contributed by atoms with Crippen LogP contribution >= 0.6 is 0 Å². The van der Waals surface area contributed by atoms with Crippen molar-refractivity contribution in [3.05, 3.63) is 0 Å². The second kappa shape index (κ2) is 28.1. The molecule has 0 aromatic carbocycles. The fourth-order valence-corrected chi connectivity index (χ4v) is 0. The number of hydrogen-bond acceptors (Lipinski definition) is 13. The Morgan fingerprint density at radius 3 is 0.500 bits per heavy atom. The SMILES string of the molecule is O=C(O)C(=O)O.O=C(O)C(=O)O.O=C(O)C(=O)O.O=C([O-])C(=O)[O-].OB(O)O.[Li+].[Li+]. The van der Waals surface area contributed by atoms with Gasteiger partial charge < -0.3 is 65.5 Å². The molecular formula is C8H9BLi2O19. The van der Waals surface area contributed by atoms with Crippen molar-refractivity contribution >= 4 is 55.1 Å². The van der Waals surface area contributed by atoms with E-state index in [1.165, 1.54) is 0 Å². The Bertz CT molecular complexity index is 438. The van der Waals surface area contributed by atoms with Crippen LogP contribution in [0.4, 0.5) is 0 Å². The molecule has 9 N–H and O–H groups in total. The first-order valence-corrected chi connectivity index (χ1v) is 5.16. The number of aliphatic carboxylic acids is 8. The van der Waals surface area contributed by atoms with E-state index in [1.807, 2.05) is 0 Å². The van der Waals surface area contributed by atoms with Gasteiger partial charge in [-0.1, -0.05) is 0 Å². The zero-order valence-electron chi connectivity index (χ0n) is 14.7. The van der Waals surface area contributed by atoms with Gasteiger partial charge in [0.05, 0.1) is 11.9 Å². The van der Waals surface area contributed by atoms with Crippen molar-refractivity contribution in [3.63, 3.8) is 0 Å². The molecule has 0 rings (SSSR count). The topological polar surface area (TPSA) is 365 Å². The second-order valence-corrected chi connectivity index (χ2v) is 2.75. The van der Waals surface area contributed by atoms with E-state index < -0.39 is 55.1 Å². The molecule has 0 aliphatic heterocycles. The number of hydrogen-bond donors (Lipinski definition) is 9. The van der Waals surface area contributed by atoms with Gasteiger partial charge in [-0.15, -0.1) is 0 Å². The summed E-state index contributed by atoms with van der Waals surface area (Å²) >= 11 is 0. The molecule has 0 fully saturated rings. The van der Waals surface area contributed by atoms with E-state index in [9.17, 15) is 0 Å². The van der Waals surface area contributed by atoms with E-state index in [2.05, 4.69) is 0 Å². The van der Waals surface area contributed by atoms with Gasteiger partial charge >= 0.3 is 80.9 Å². The molecule has 0 bridgehead atoms. The molecule has 160 valence electrons. The Morgan fingerprint density at radius 1 is 0.433 bits per heavy atom. The molecule has 0 saturated carbocycles. The molecule has 19 nitrogen and oxygen atoms in total. The molecule has 0 atom stereocenters. The Kier molecular flexibility index (Phi) is 42.7. The molecule has 0 heterocycles. The molecule has 0 aromatic rings. The van der Waals surface area contributed by atoms with Crippen molar-refractivity contribution in [1.82, 2.24) is 0 Å². The van der Waals surface area contributed by atoms with Gasteiger partial charge in [0, 0.05) is 0 Å². The van der Waals surface area contributed by atoms with Crippen LogP contribution in [0.5, 0.6) is 0 Å². The third-order valence-corrected chi connectivity index (χ3v) is 0.716. The van der Waals surface area contributed by atoms with Crippen LogP contribution in [0.1, 0.15) is 0 Å². The van der Waals surface area contributed by atoms with Crippen molar-refractivity contribution in [1.29, 1.82) is 0 Å². The molecule has 0 spiro atoms. The molecule has 0 amide bonds. The summed E-state index contributed by atoms with van der Waals surface area (Å²) in [5.41, 5.74) is 0. The maximum absolute atomic E-state index is 9.10. The molecule has 22 heteroatoms. The van der Waals surface area contributed by atoms with Gasteiger partial charge in [-0.05, 0) is 0 Å². The van der Waals surface area contributed by atoms with E-state index >= 15 is 0 Å². The van der Waals surface area contributed by atoms with E-state index in [1.54, 1.807) is 0 Å². The second-order valence-electron chi connectivity index (χ2n) is 2.75. The van der Waals surface area contributed by atoms with Crippen molar-refractivity contribution in [2.24, 2.45) is 0 Å². The summed E-state index contributed by atoms with van der Waals surface area (Å²) in [6.45, 7) is 0. The Balaban J connectivity index is -0.0000000436. The minimum Gasteiger partial charge on any atom is -0.543 e. The molecule has 0 aliphatic rings. The first-order chi connectivity index (χ1) is 12.3. The summed E-state index contributed by atoms with van der Waals surface area (Å²) in [6, 6.07) is 0. The van der Waals surface area contributed by atoms with Gasteiger partial charge in [-0.2, -0.15) is 0 Å². The molecule has 0 aromatic heterocycles. The van der Waals surface area contributed by atoms with Crippen LogP contribution in [0.2, 0.25) is 0 Å². The summed E-state index contributed by atoms with van der Waals surface area (Å²) in [5, 5.41) is 83.7. The Morgan fingerprint density at radius 2 is 0.500 bits per heavy atom. The zero-order valence-corrected chi connectivity index (χ0v) is 14.7. The van der Waals surface area contributed by atoms with Crippen LogP contribution in [0.15, 0.2) is 0 Å². The van der Waals surface area contributed by atoms with E-state index in [4.69, 9.17) is 94.3 Å². The molecule has 30 heavy (non-hydrogen) atoms. The van der Waals surface area contributed by atoms with Crippen LogP contribution in [0.3, 0.4) is 0 Å². The van der Waals surface area contributed by atoms with E-state index in [-0.39, 0.29) is 37.7 Å². The third-order valence-electron chi connectivity index (χ3n) is 0.716. The van der Waals surface area contributed by atoms with E-state index in [0.717, 1.165) is 0 Å². The average Bonchev–Trinajstić information content (AvgIpc) is 2.47. The predicted octanol–water partition coefficient (Wildman–Crippen LogP) is -14.1. The van der Waals surface area contributed by atoms with Crippen LogP contribution in [0.25, 0.3) is 0 Å². The smallest absolute Gasteiger partial charge is 0.543 e. The van der Waals surface area contributed by atoms with Crippen molar-refractivity contribution in [3.8, 4) is 0 Å². The molecular weight excluding hydrogens is 425 g/mol. The number of rotatable bonds is 0. The number of carbonyl (C=O) groups is 8. The third kappa shape index (κ3) is 85.5. The summed E-state index contributed by atoms with van der Waals surface area (Å²) in [7, 11) is -2.17. The number of carbonyl (C=O) groups excluding carboxylic acids is 2. The fraction of sp³-hybridized carbons (Fsp3) is 0. The van der Waals surface area contributed by atoms with Crippen LogP contribution in [0, 0.1) is 0 Å². The standard InChI is InChI=1S/4C2H2O4.BH3O3.2Li/c4*3-1(4)2(5)6;2-1(3)4;;/h4*(H,3,4)(H,5,6);2-4H;;/q;;;;;2*+1/p-2. The van der Waals surface area contributed by atoms with Gasteiger partial charge in [0.2, 0.25) is 0 Å². The van der Waals surface area contributed by atoms with Gasteiger partial charge in [0.25, 0.3) is 0 Å². The summed E-state index contributed by atoms with van der Waals surface area (Å²) < 4.78 is 0. The normalized spacial score (nSPS) is 6.77. The number of carboxylic acids is 8. The maximum atomic E-state index is 9.10. The van der Waals surface area contributed by atoms with Crippen molar-refractivity contribution < 1.29 is 132 Å². The summed E-state index contributed by atoms with van der Waals surface area (Å²) in [5.74, 6) is -15.3. The molecule has 0 saturated heterocycles. The van der Waals surface area contributed by atoms with Gasteiger partial charge in [0.1, 0.15) is 0 Å². The molecule has 0 aliphatic carbocycles. The largest absolute Gasteiger partial charge is 1.00 e. The monoisotopic (exact) mass is 434 g/mol. The van der Waals surface area contributed by atoms with Crippen molar-refractivity contribution in [2.75, 3.05) is 0 Å². The summed E-state index contributed by atoms with van der Waals surface area (Å²) in [6.07, 6.45) is 0. The average molecular weight is 434 g/mol. The van der Waals surface area contributed by atoms with Gasteiger partial charge in [-0.25, -0.2) is 28.8 Å². The van der Waals surface area contributed by atoms with E-state index in [0.29, 0.717) is 0 Å². The molecule has 0 radical (unpaired) electrons. The predicted molar refractivity (Wildman–Crippen MR) is 68.2 cm³/mol. The first kappa shape index (κ1) is 45.6. The molecule has 0 unspecified atom stereocenters. The zero-order chi connectivity index (χ0) is 24.2. The van der Waals surface area contributed by atoms with Crippen LogP contribution in [-0.4, -0.2) is 101 Å². The maximum Gasteiger partial charge on any atom is 1.00 e. The minimum absolute atomic E-state index is 0. The first-order valence-electron chi connectivity index (χ1n) is 5.16. The van der Waals surface area contributed by atoms with Crippen LogP contribution < -0.4 is 47.9 Å². The van der Waals surface area contributed by atoms with Gasteiger partial charge in [0.15, 0.2) is 0 Å². The Labute approximate surface area is 187 Å². The minimum atomic E-state index is -2.19. The number of carboxylic acid groups (broad SMARTS) is 8.